The van der Waals surface area contributed by atoms with Crippen molar-refractivity contribution in [1.82, 2.24) is 15.3 Å². The average molecular weight is 413 g/mol. The minimum atomic E-state index is -0.456. The zero-order valence-electron chi connectivity index (χ0n) is 12.8. The number of nitrogens with two attached hydrogens (primary N) is 1. The molecule has 2 aromatic heterocycles. The first-order valence-electron chi connectivity index (χ1n) is 6.68. The quantitative estimate of drug-likeness (QED) is 0.673. The van der Waals surface area contributed by atoms with Crippen molar-refractivity contribution in [3.05, 3.63) is 32.2 Å². The molecule has 2 rings (SSSR count). The van der Waals surface area contributed by atoms with Crippen LogP contribution in [-0.2, 0) is 17.7 Å². The fraction of sp³-hybridized carbons (Fsp3) is 0.385. The van der Waals surface area contributed by atoms with Crippen LogP contribution >= 0.6 is 47.5 Å². The Hall–Kier alpha value is -1.26. The molecule has 2 aromatic rings. The number of rotatable bonds is 7. The van der Waals surface area contributed by atoms with Gasteiger partial charge in [0.25, 0.3) is 5.91 Å². The van der Waals surface area contributed by atoms with E-state index in [0.29, 0.717) is 30.3 Å². The maximum absolute atomic E-state index is 12.0. The third-order valence-corrected chi connectivity index (χ3v) is 4.34. The number of nitrogens with zero attached hydrogens (tertiary/aromatic N) is 2. The van der Waals surface area contributed by atoms with Crippen LogP contribution in [0.25, 0.3) is 0 Å². The van der Waals surface area contributed by atoms with Crippen molar-refractivity contribution in [2.45, 2.75) is 19.9 Å². The van der Waals surface area contributed by atoms with E-state index in [1.165, 1.54) is 22.7 Å². The number of amides is 1. The van der Waals surface area contributed by atoms with Gasteiger partial charge < -0.3 is 15.8 Å². The van der Waals surface area contributed by atoms with Gasteiger partial charge in [-0.15, -0.1) is 47.5 Å². The van der Waals surface area contributed by atoms with Crippen LogP contribution in [0.2, 0.25) is 0 Å². The van der Waals surface area contributed by atoms with Gasteiger partial charge in [0, 0.05) is 17.2 Å². The van der Waals surface area contributed by atoms with E-state index < -0.39 is 5.97 Å². The zero-order chi connectivity index (χ0) is 15.9. The molecular formula is C13H18Cl2N4O3S2. The van der Waals surface area contributed by atoms with Crippen molar-refractivity contribution in [1.29, 1.82) is 0 Å². The Labute approximate surface area is 159 Å². The number of carbonyl (C=O) groups excluding carboxylic acids is 2. The molecule has 0 bridgehead atoms. The van der Waals surface area contributed by atoms with Gasteiger partial charge in [-0.3, -0.25) is 4.79 Å². The number of esters is 1. The normalized spacial score (nSPS) is 9.58. The summed E-state index contributed by atoms with van der Waals surface area (Å²) in [4.78, 5) is 31.8. The van der Waals surface area contributed by atoms with Crippen LogP contribution in [0.5, 0.6) is 0 Å². The summed E-state index contributed by atoms with van der Waals surface area (Å²) < 4.78 is 4.86. The summed E-state index contributed by atoms with van der Waals surface area (Å²) in [6.45, 7) is 2.78. The molecule has 0 fully saturated rings. The van der Waals surface area contributed by atoms with Crippen LogP contribution in [0.15, 0.2) is 10.8 Å². The van der Waals surface area contributed by atoms with E-state index in [1.54, 1.807) is 17.7 Å². The number of nitrogens with one attached hydrogen (secondary N) is 1. The topological polar surface area (TPSA) is 107 Å². The maximum atomic E-state index is 12.0. The van der Waals surface area contributed by atoms with Gasteiger partial charge in [0.15, 0.2) is 5.69 Å². The average Bonchev–Trinajstić information content (AvgIpc) is 3.14. The van der Waals surface area contributed by atoms with E-state index in [9.17, 15) is 9.59 Å². The number of hydrogen-bond donors (Lipinski definition) is 2. The minimum absolute atomic E-state index is 0. The lowest BCUT2D eigenvalue weighted by atomic mass is 10.4. The fourth-order valence-electron chi connectivity index (χ4n) is 1.59. The molecule has 0 aliphatic carbocycles. The summed E-state index contributed by atoms with van der Waals surface area (Å²) in [5, 5.41) is 7.51. The second-order valence-corrected chi connectivity index (χ2v) is 6.08. The molecule has 0 spiro atoms. The molecule has 134 valence electrons. The van der Waals surface area contributed by atoms with E-state index in [4.69, 9.17) is 10.5 Å². The third-order valence-electron chi connectivity index (χ3n) is 2.58. The SMILES string of the molecule is CCOC(=O)c1csc(CNC(=O)c2csc(CCN)n2)n1.Cl.Cl. The Morgan fingerprint density at radius 1 is 1.17 bits per heavy atom. The fourth-order valence-corrected chi connectivity index (χ4v) is 3.09. The van der Waals surface area contributed by atoms with Gasteiger partial charge in [-0.1, -0.05) is 0 Å². The molecule has 0 radical (unpaired) electrons. The Morgan fingerprint density at radius 3 is 2.46 bits per heavy atom. The lowest BCUT2D eigenvalue weighted by Gasteiger charge is -2.00. The predicted octanol–water partition coefficient (Wildman–Crippen LogP) is 2.05. The first kappa shape index (κ1) is 22.7. The van der Waals surface area contributed by atoms with E-state index in [0.717, 1.165) is 5.01 Å². The summed E-state index contributed by atoms with van der Waals surface area (Å²) in [5.41, 5.74) is 6.08. The van der Waals surface area contributed by atoms with Gasteiger partial charge in [-0.05, 0) is 13.5 Å². The van der Waals surface area contributed by atoms with E-state index >= 15 is 0 Å². The third kappa shape index (κ3) is 6.33. The molecule has 24 heavy (non-hydrogen) atoms. The van der Waals surface area contributed by atoms with E-state index in [-0.39, 0.29) is 43.0 Å². The minimum Gasteiger partial charge on any atom is -0.461 e. The van der Waals surface area contributed by atoms with Crippen molar-refractivity contribution in [3.63, 3.8) is 0 Å². The van der Waals surface area contributed by atoms with Crippen molar-refractivity contribution >= 4 is 59.4 Å². The van der Waals surface area contributed by atoms with Crippen LogP contribution in [0.4, 0.5) is 0 Å². The van der Waals surface area contributed by atoms with Crippen LogP contribution in [0.1, 0.15) is 37.9 Å². The smallest absolute Gasteiger partial charge is 0.357 e. The van der Waals surface area contributed by atoms with E-state index in [2.05, 4.69) is 15.3 Å². The number of ether oxygens (including phenoxy) is 1. The summed E-state index contributed by atoms with van der Waals surface area (Å²) >= 11 is 2.70. The predicted molar refractivity (Wildman–Crippen MR) is 98.6 cm³/mol. The first-order chi connectivity index (χ1) is 10.6. The highest BCUT2D eigenvalue weighted by atomic mass is 35.5. The van der Waals surface area contributed by atoms with Crippen LogP contribution in [0, 0.1) is 0 Å². The molecule has 0 aliphatic heterocycles. The Balaban J connectivity index is 0.00000264. The highest BCUT2D eigenvalue weighted by Crippen LogP contribution is 2.12. The maximum Gasteiger partial charge on any atom is 0.357 e. The Morgan fingerprint density at radius 2 is 1.79 bits per heavy atom. The van der Waals surface area contributed by atoms with Crippen molar-refractivity contribution in [3.8, 4) is 0 Å². The molecule has 3 N–H and O–H groups in total. The molecule has 0 saturated heterocycles. The second kappa shape index (κ2) is 11.3. The molecule has 11 heteroatoms. The standard InChI is InChI=1S/C13H16N4O3S2.2ClH/c1-2-20-13(19)9-7-22-11(17-9)5-15-12(18)8-6-21-10(16-8)3-4-14;;/h6-7H,2-5,14H2,1H3,(H,15,18);2*1H. The Kier molecular flexibility index (Phi) is 10.7. The molecule has 0 unspecified atom stereocenters. The van der Waals surface area contributed by atoms with Crippen LogP contribution < -0.4 is 11.1 Å². The summed E-state index contributed by atoms with van der Waals surface area (Å²) in [5.74, 6) is -0.727. The summed E-state index contributed by atoms with van der Waals surface area (Å²) in [6.07, 6.45) is 0.660. The first-order valence-corrected chi connectivity index (χ1v) is 8.44. The number of aromatic nitrogens is 2. The molecule has 7 nitrogen and oxygen atoms in total. The number of thiazole rings is 2. The zero-order valence-corrected chi connectivity index (χ0v) is 16.1. The van der Waals surface area contributed by atoms with Crippen molar-refractivity contribution < 1.29 is 14.3 Å². The molecule has 2 heterocycles. The van der Waals surface area contributed by atoms with Crippen LogP contribution in [0.3, 0.4) is 0 Å². The van der Waals surface area contributed by atoms with Gasteiger partial charge in [0.2, 0.25) is 0 Å². The largest absolute Gasteiger partial charge is 0.461 e. The van der Waals surface area contributed by atoms with Crippen molar-refractivity contribution in [2.75, 3.05) is 13.2 Å². The van der Waals surface area contributed by atoms with Crippen LogP contribution in [-0.4, -0.2) is 35.0 Å². The van der Waals surface area contributed by atoms with Gasteiger partial charge in [0.05, 0.1) is 18.2 Å². The molecule has 0 atom stereocenters. The number of hydrogen-bond acceptors (Lipinski definition) is 8. The number of carbonyl (C=O) groups is 2. The summed E-state index contributed by atoms with van der Waals surface area (Å²) in [7, 11) is 0. The highest BCUT2D eigenvalue weighted by molar-refractivity contribution is 7.10. The lowest BCUT2D eigenvalue weighted by molar-refractivity contribution is 0.0520. The lowest BCUT2D eigenvalue weighted by Crippen LogP contribution is -2.23. The molecule has 0 aromatic carbocycles. The van der Waals surface area contributed by atoms with Crippen molar-refractivity contribution in [2.24, 2.45) is 5.73 Å². The molecule has 1 amide bonds. The van der Waals surface area contributed by atoms with Gasteiger partial charge in [0.1, 0.15) is 10.7 Å². The van der Waals surface area contributed by atoms with E-state index in [1.807, 2.05) is 0 Å². The number of halogens is 2. The molecular weight excluding hydrogens is 395 g/mol. The van der Waals surface area contributed by atoms with Gasteiger partial charge in [-0.25, -0.2) is 14.8 Å². The van der Waals surface area contributed by atoms with Gasteiger partial charge >= 0.3 is 5.97 Å². The summed E-state index contributed by atoms with van der Waals surface area (Å²) in [6, 6.07) is 0. The highest BCUT2D eigenvalue weighted by Gasteiger charge is 2.14. The monoisotopic (exact) mass is 412 g/mol. The van der Waals surface area contributed by atoms with Gasteiger partial charge in [-0.2, -0.15) is 0 Å². The Bertz CT molecular complexity index is 663. The molecule has 0 saturated carbocycles. The molecule has 0 aliphatic rings. The second-order valence-electron chi connectivity index (χ2n) is 4.19.